The van der Waals surface area contributed by atoms with Crippen molar-refractivity contribution in [3.8, 4) is 17.1 Å². The highest BCUT2D eigenvalue weighted by Gasteiger charge is 2.62. The highest BCUT2D eigenvalue weighted by molar-refractivity contribution is 7.87. The number of rotatable bonds is 8. The maximum atomic E-state index is 14.6. The van der Waals surface area contributed by atoms with E-state index >= 15 is 0 Å². The Hall–Kier alpha value is -5.03. The molecular weight excluding hydrogens is 753 g/mol. The van der Waals surface area contributed by atoms with Gasteiger partial charge in [-0.15, -0.1) is 0 Å². The first-order valence-corrected chi connectivity index (χ1v) is 21.0. The molecule has 3 N–H and O–H groups in total. The van der Waals surface area contributed by atoms with Gasteiger partial charge in [0.15, 0.2) is 0 Å². The molecule has 1 aromatic carbocycles. The van der Waals surface area contributed by atoms with E-state index in [0.29, 0.717) is 30.8 Å². The fraction of sp³-hybridized carbons (Fsp3) is 0.550. The van der Waals surface area contributed by atoms with Crippen LogP contribution in [-0.2, 0) is 29.3 Å². The number of benzene rings is 1. The van der Waals surface area contributed by atoms with E-state index < -0.39 is 69.3 Å². The zero-order valence-electron chi connectivity index (χ0n) is 33.7. The third-order valence-electron chi connectivity index (χ3n) is 10.5. The summed E-state index contributed by atoms with van der Waals surface area (Å²) in [5.74, 6) is -2.49. The van der Waals surface area contributed by atoms with Crippen molar-refractivity contribution in [2.24, 2.45) is 5.92 Å². The quantitative estimate of drug-likeness (QED) is 0.277. The molecule has 17 heteroatoms. The number of fused-ring (bicyclic) bond motifs is 3. The number of carbonyl (C=O) groups excluding carboxylic acids is 4. The SMILES string of the molecule is CC(C)n1c(O[C@@H]2C[C@H]3C(=O)N[C@]4(C(=O)NS(=O)(=O)N(C)C)C[C@H]4/C=C\CCCCC[C@H](NC(=O)OC(C)(C)C)C(=O)N3C2)nc2c(-c3cccnc3)cccc21. The summed E-state index contributed by atoms with van der Waals surface area (Å²) in [5.41, 5.74) is 0.896. The highest BCUT2D eigenvalue weighted by atomic mass is 32.2. The summed E-state index contributed by atoms with van der Waals surface area (Å²) in [6.45, 7) is 9.17. The molecule has 3 aliphatic rings. The van der Waals surface area contributed by atoms with Gasteiger partial charge >= 0.3 is 16.3 Å². The van der Waals surface area contributed by atoms with Crippen molar-refractivity contribution in [2.45, 2.75) is 115 Å². The van der Waals surface area contributed by atoms with Gasteiger partial charge < -0.3 is 25.0 Å². The molecule has 308 valence electrons. The van der Waals surface area contributed by atoms with E-state index in [1.54, 1.807) is 33.2 Å². The van der Waals surface area contributed by atoms with Gasteiger partial charge in [-0.1, -0.05) is 43.2 Å². The molecule has 2 aromatic heterocycles. The van der Waals surface area contributed by atoms with Gasteiger partial charge in [0, 0.05) is 56.0 Å². The molecule has 3 aromatic rings. The van der Waals surface area contributed by atoms with Crippen molar-refractivity contribution < 1.29 is 37.1 Å². The molecule has 4 amide bonds. The Kier molecular flexibility index (Phi) is 12.0. The molecular formula is C40H54N8O8S. The lowest BCUT2D eigenvalue weighted by Crippen LogP contribution is -2.58. The topological polar surface area (TPSA) is 194 Å². The van der Waals surface area contributed by atoms with E-state index in [1.165, 1.54) is 19.0 Å². The van der Waals surface area contributed by atoms with E-state index in [1.807, 2.05) is 60.9 Å². The lowest BCUT2D eigenvalue weighted by atomic mass is 10.0. The van der Waals surface area contributed by atoms with Crippen LogP contribution in [0.4, 0.5) is 4.79 Å². The Morgan fingerprint density at radius 3 is 2.54 bits per heavy atom. The van der Waals surface area contributed by atoms with Crippen molar-refractivity contribution in [3.05, 3.63) is 54.9 Å². The average Bonchev–Trinajstić information content (AvgIpc) is 3.46. The minimum atomic E-state index is -4.18. The number of alkyl carbamates (subject to hydrolysis) is 1. The number of ether oxygens (including phenoxy) is 2. The number of amides is 4. The highest BCUT2D eigenvalue weighted by Crippen LogP contribution is 2.46. The van der Waals surface area contributed by atoms with E-state index in [9.17, 15) is 27.6 Å². The number of allylic oxidation sites excluding steroid dienone is 1. The molecule has 0 bridgehead atoms. The normalized spacial score (nSPS) is 25.2. The van der Waals surface area contributed by atoms with Gasteiger partial charge in [0.2, 0.25) is 11.8 Å². The van der Waals surface area contributed by atoms with Crippen molar-refractivity contribution in [3.63, 3.8) is 0 Å². The lowest BCUT2D eigenvalue weighted by Gasteiger charge is -2.30. The first-order chi connectivity index (χ1) is 26.9. The number of hydrogen-bond acceptors (Lipinski definition) is 10. The third kappa shape index (κ3) is 9.25. The van der Waals surface area contributed by atoms with Gasteiger partial charge in [0.25, 0.3) is 11.9 Å². The van der Waals surface area contributed by atoms with Crippen LogP contribution in [0.1, 0.15) is 85.6 Å². The summed E-state index contributed by atoms with van der Waals surface area (Å²) in [6.07, 6.45) is 9.07. The van der Waals surface area contributed by atoms with E-state index in [-0.39, 0.29) is 25.4 Å². The zero-order chi connectivity index (χ0) is 41.3. The van der Waals surface area contributed by atoms with Crippen LogP contribution in [0.3, 0.4) is 0 Å². The fourth-order valence-electron chi connectivity index (χ4n) is 7.50. The van der Waals surface area contributed by atoms with Crippen LogP contribution >= 0.6 is 0 Å². The maximum Gasteiger partial charge on any atom is 0.408 e. The maximum absolute atomic E-state index is 14.6. The second-order valence-corrected chi connectivity index (χ2v) is 18.4. The minimum absolute atomic E-state index is 0.0295. The van der Waals surface area contributed by atoms with E-state index in [2.05, 4.69) is 20.3 Å². The molecule has 2 fully saturated rings. The lowest BCUT2D eigenvalue weighted by molar-refractivity contribution is -0.141. The van der Waals surface area contributed by atoms with Gasteiger partial charge in [-0.2, -0.15) is 17.7 Å². The number of hydrogen-bond donors (Lipinski definition) is 3. The van der Waals surface area contributed by atoms with Gasteiger partial charge in [-0.05, 0) is 72.4 Å². The molecule has 1 aliphatic carbocycles. The molecule has 0 radical (unpaired) electrons. The van der Waals surface area contributed by atoms with Crippen molar-refractivity contribution in [1.29, 1.82) is 0 Å². The van der Waals surface area contributed by atoms with Gasteiger partial charge in [0.05, 0.1) is 12.1 Å². The number of carbonyl (C=O) groups is 4. The number of nitrogens with one attached hydrogen (secondary N) is 3. The summed E-state index contributed by atoms with van der Waals surface area (Å²) in [5, 5.41) is 5.62. The van der Waals surface area contributed by atoms with Crippen LogP contribution in [-0.4, -0.2) is 106 Å². The van der Waals surface area contributed by atoms with E-state index in [4.69, 9.17) is 14.5 Å². The third-order valence-corrected chi connectivity index (χ3v) is 11.9. The molecule has 57 heavy (non-hydrogen) atoms. The Balaban J connectivity index is 1.36. The number of aromatic nitrogens is 3. The van der Waals surface area contributed by atoms with Crippen LogP contribution in [0.25, 0.3) is 22.2 Å². The van der Waals surface area contributed by atoms with Crippen LogP contribution in [0.15, 0.2) is 54.9 Å². The van der Waals surface area contributed by atoms with Crippen molar-refractivity contribution >= 4 is 45.1 Å². The van der Waals surface area contributed by atoms with Gasteiger partial charge in [0.1, 0.15) is 34.8 Å². The van der Waals surface area contributed by atoms with Crippen LogP contribution in [0.5, 0.6) is 6.01 Å². The Morgan fingerprint density at radius 1 is 1.09 bits per heavy atom. The average molecular weight is 807 g/mol. The van der Waals surface area contributed by atoms with Crippen LogP contribution in [0, 0.1) is 5.92 Å². The zero-order valence-corrected chi connectivity index (χ0v) is 34.5. The number of nitrogens with zero attached hydrogens (tertiary/aromatic N) is 5. The summed E-state index contributed by atoms with van der Waals surface area (Å²) < 4.78 is 42.6. The molecule has 2 aliphatic heterocycles. The molecule has 1 saturated heterocycles. The number of para-hydroxylation sites is 1. The van der Waals surface area contributed by atoms with Gasteiger partial charge in [-0.25, -0.2) is 9.52 Å². The molecule has 6 rings (SSSR count). The van der Waals surface area contributed by atoms with Crippen molar-refractivity contribution in [1.82, 2.24) is 39.1 Å². The smallest absolute Gasteiger partial charge is 0.408 e. The largest absolute Gasteiger partial charge is 0.459 e. The Labute approximate surface area is 333 Å². The molecule has 0 unspecified atom stereocenters. The summed E-state index contributed by atoms with van der Waals surface area (Å²) in [4.78, 5) is 66.5. The Bertz CT molecular complexity index is 2130. The molecule has 4 heterocycles. The standard InChI is InChI=1S/C40H54N8O8S/c1-25(2)48-31-19-13-17-29(26-15-14-20-41-23-26)33(31)43-37(48)55-28-21-32-34(49)44-40(36(51)45-57(53,54)46(6)7)22-27(40)16-11-9-8-10-12-18-30(35(50)47(32)24-28)42-38(52)56-39(3,4)5/h11,13-17,19-20,23,25,27-28,30,32H,8-10,12,18,21-22,24H2,1-7H3,(H,42,52)(H,44,49)(H,45,51)/b16-11-/t27-,28-,30+,32+,40-/m1/s1. The molecule has 0 spiro atoms. The van der Waals surface area contributed by atoms with Crippen LogP contribution < -0.4 is 20.1 Å². The van der Waals surface area contributed by atoms with E-state index in [0.717, 1.165) is 33.8 Å². The monoisotopic (exact) mass is 806 g/mol. The summed E-state index contributed by atoms with van der Waals surface area (Å²) >= 11 is 0. The predicted octanol–water partition coefficient (Wildman–Crippen LogP) is 4.24. The van der Waals surface area contributed by atoms with Crippen molar-refractivity contribution in [2.75, 3.05) is 20.6 Å². The number of imidazole rings is 1. The predicted molar refractivity (Wildman–Crippen MR) is 213 cm³/mol. The summed E-state index contributed by atoms with van der Waals surface area (Å²) in [6, 6.07) is 7.73. The first kappa shape index (κ1) is 41.6. The molecule has 16 nitrogen and oxygen atoms in total. The summed E-state index contributed by atoms with van der Waals surface area (Å²) in [7, 11) is -1.59. The fourth-order valence-corrected chi connectivity index (χ4v) is 8.10. The molecule has 5 atom stereocenters. The minimum Gasteiger partial charge on any atom is -0.459 e. The second-order valence-electron chi connectivity index (χ2n) is 16.5. The molecule has 1 saturated carbocycles. The Morgan fingerprint density at radius 2 is 1.86 bits per heavy atom. The van der Waals surface area contributed by atoms with Gasteiger partial charge in [-0.3, -0.25) is 23.9 Å². The van der Waals surface area contributed by atoms with Crippen LogP contribution in [0.2, 0.25) is 0 Å². The second kappa shape index (κ2) is 16.4. The first-order valence-electron chi connectivity index (χ1n) is 19.5. The number of pyridine rings is 1.